The summed E-state index contributed by atoms with van der Waals surface area (Å²) < 4.78 is 0. The molecule has 20 heavy (non-hydrogen) atoms. The van der Waals surface area contributed by atoms with Crippen LogP contribution in [-0.2, 0) is 19.4 Å². The van der Waals surface area contributed by atoms with Gasteiger partial charge in [-0.25, -0.2) is 0 Å². The number of aryl methyl sites for hydroxylation is 2. The molecule has 1 aliphatic carbocycles. The van der Waals surface area contributed by atoms with Crippen LogP contribution >= 0.6 is 0 Å². The maximum atomic E-state index is 3.62. The van der Waals surface area contributed by atoms with Gasteiger partial charge in [-0.2, -0.15) is 0 Å². The van der Waals surface area contributed by atoms with Crippen LogP contribution in [0, 0.1) is 0 Å². The summed E-state index contributed by atoms with van der Waals surface area (Å²) in [6.45, 7) is 9.58. The number of hydrogen-bond donors (Lipinski definition) is 1. The molecule has 0 amide bonds. The summed E-state index contributed by atoms with van der Waals surface area (Å²) >= 11 is 0. The van der Waals surface area contributed by atoms with Gasteiger partial charge in [-0.1, -0.05) is 58.7 Å². The van der Waals surface area contributed by atoms with Gasteiger partial charge < -0.3 is 5.32 Å². The lowest BCUT2D eigenvalue weighted by Gasteiger charge is -2.09. The number of hydrogen-bond acceptors (Lipinski definition) is 1. The molecule has 0 saturated heterocycles. The maximum absolute atomic E-state index is 3.62. The second kappa shape index (κ2) is 9.99. The van der Waals surface area contributed by atoms with E-state index in [1.54, 1.807) is 0 Å². The molecule has 0 unspecified atom stereocenters. The largest absolute Gasteiger partial charge is 0.310 e. The van der Waals surface area contributed by atoms with Crippen molar-refractivity contribution in [3.63, 3.8) is 0 Å². The summed E-state index contributed by atoms with van der Waals surface area (Å²) in [4.78, 5) is 0. The van der Waals surface area contributed by atoms with Crippen molar-refractivity contribution >= 4 is 0 Å². The molecular weight excluding hydrogens is 242 g/mol. The molecule has 0 radical (unpaired) electrons. The predicted octanol–water partition coefficient (Wildman–Crippen LogP) is 5.26. The van der Waals surface area contributed by atoms with Crippen LogP contribution in [-0.4, -0.2) is 6.04 Å². The standard InChI is InChI=1S/C17H27N.C2H6/c1-3-5-6-7-15-10-14(4-2)11-16(12-15)13-18-17-8-9-17;1-2/h10-12,17-18H,3-9,13H2,1-2H3;1-2H3. The fourth-order valence-electron chi connectivity index (χ4n) is 2.42. The average Bonchev–Trinajstić information content (AvgIpc) is 3.31. The van der Waals surface area contributed by atoms with Crippen LogP contribution in [0.2, 0.25) is 0 Å². The van der Waals surface area contributed by atoms with Gasteiger partial charge in [0.05, 0.1) is 0 Å². The molecule has 1 fully saturated rings. The van der Waals surface area contributed by atoms with Crippen molar-refractivity contribution in [1.29, 1.82) is 0 Å². The highest BCUT2D eigenvalue weighted by Gasteiger charge is 2.19. The monoisotopic (exact) mass is 275 g/mol. The van der Waals surface area contributed by atoms with Gasteiger partial charge in [0, 0.05) is 12.6 Å². The first-order chi connectivity index (χ1) is 9.81. The van der Waals surface area contributed by atoms with E-state index in [0.29, 0.717) is 0 Å². The lowest BCUT2D eigenvalue weighted by Crippen LogP contribution is -2.15. The zero-order valence-corrected chi connectivity index (χ0v) is 14.0. The van der Waals surface area contributed by atoms with Gasteiger partial charge in [0.15, 0.2) is 0 Å². The highest BCUT2D eigenvalue weighted by atomic mass is 14.9. The number of benzene rings is 1. The number of rotatable bonds is 8. The summed E-state index contributed by atoms with van der Waals surface area (Å²) in [6, 6.07) is 7.98. The van der Waals surface area contributed by atoms with Crippen LogP contribution in [0.4, 0.5) is 0 Å². The molecule has 0 atom stereocenters. The third-order valence-electron chi connectivity index (χ3n) is 3.76. The molecule has 1 nitrogen and oxygen atoms in total. The van der Waals surface area contributed by atoms with Crippen molar-refractivity contribution in [3.05, 3.63) is 34.9 Å². The van der Waals surface area contributed by atoms with E-state index in [-0.39, 0.29) is 0 Å². The van der Waals surface area contributed by atoms with Crippen LogP contribution < -0.4 is 5.32 Å². The summed E-state index contributed by atoms with van der Waals surface area (Å²) in [5.41, 5.74) is 4.51. The fourth-order valence-corrected chi connectivity index (χ4v) is 2.42. The van der Waals surface area contributed by atoms with Gasteiger partial charge >= 0.3 is 0 Å². The summed E-state index contributed by atoms with van der Waals surface area (Å²) in [6.07, 6.45) is 9.14. The molecule has 0 spiro atoms. The smallest absolute Gasteiger partial charge is 0.0208 e. The summed E-state index contributed by atoms with van der Waals surface area (Å²) in [5.74, 6) is 0. The van der Waals surface area contributed by atoms with Crippen LogP contribution in [0.3, 0.4) is 0 Å². The Morgan fingerprint density at radius 3 is 2.20 bits per heavy atom. The molecule has 0 aliphatic heterocycles. The molecule has 0 bridgehead atoms. The third-order valence-corrected chi connectivity index (χ3v) is 3.76. The minimum absolute atomic E-state index is 0.804. The first-order valence-electron chi connectivity index (χ1n) is 8.67. The molecule has 2 rings (SSSR count). The Morgan fingerprint density at radius 2 is 1.60 bits per heavy atom. The average molecular weight is 275 g/mol. The minimum atomic E-state index is 0.804. The Morgan fingerprint density at radius 1 is 0.950 bits per heavy atom. The van der Waals surface area contributed by atoms with Crippen molar-refractivity contribution < 1.29 is 0 Å². The van der Waals surface area contributed by atoms with Gasteiger partial charge in [0.1, 0.15) is 0 Å². The molecule has 1 N–H and O–H groups in total. The van der Waals surface area contributed by atoms with Crippen molar-refractivity contribution in [2.75, 3.05) is 0 Å². The zero-order chi connectivity index (χ0) is 14.8. The topological polar surface area (TPSA) is 12.0 Å². The van der Waals surface area contributed by atoms with E-state index in [4.69, 9.17) is 0 Å². The van der Waals surface area contributed by atoms with Crippen molar-refractivity contribution in [2.24, 2.45) is 0 Å². The Labute approximate surface area is 126 Å². The normalized spacial score (nSPS) is 13.8. The lowest BCUT2D eigenvalue weighted by molar-refractivity contribution is 0.683. The van der Waals surface area contributed by atoms with E-state index in [2.05, 4.69) is 37.4 Å². The first kappa shape index (κ1) is 17.2. The predicted molar refractivity (Wildman–Crippen MR) is 90.3 cm³/mol. The third kappa shape index (κ3) is 6.56. The van der Waals surface area contributed by atoms with Crippen LogP contribution in [0.15, 0.2) is 18.2 Å². The van der Waals surface area contributed by atoms with E-state index >= 15 is 0 Å². The zero-order valence-electron chi connectivity index (χ0n) is 14.0. The van der Waals surface area contributed by atoms with E-state index in [9.17, 15) is 0 Å². The van der Waals surface area contributed by atoms with Crippen LogP contribution in [0.25, 0.3) is 0 Å². The lowest BCUT2D eigenvalue weighted by atomic mass is 10.00. The first-order valence-corrected chi connectivity index (χ1v) is 8.67. The summed E-state index contributed by atoms with van der Waals surface area (Å²) in [7, 11) is 0. The highest BCUT2D eigenvalue weighted by molar-refractivity contribution is 5.30. The molecule has 1 aromatic rings. The fraction of sp³-hybridized carbons (Fsp3) is 0.684. The Kier molecular flexibility index (Phi) is 8.60. The van der Waals surface area contributed by atoms with E-state index < -0.39 is 0 Å². The Hall–Kier alpha value is -0.820. The van der Waals surface area contributed by atoms with Crippen LogP contribution in [0.5, 0.6) is 0 Å². The number of nitrogens with one attached hydrogen (secondary N) is 1. The second-order valence-corrected chi connectivity index (χ2v) is 5.62. The second-order valence-electron chi connectivity index (χ2n) is 5.62. The van der Waals surface area contributed by atoms with Gasteiger partial charge in [-0.15, -0.1) is 0 Å². The van der Waals surface area contributed by atoms with Crippen molar-refractivity contribution in [3.8, 4) is 0 Å². The Balaban J connectivity index is 0.000000956. The molecule has 1 heteroatoms. The van der Waals surface area contributed by atoms with E-state index in [1.807, 2.05) is 13.8 Å². The molecule has 1 aromatic carbocycles. The quantitative estimate of drug-likeness (QED) is 0.638. The highest BCUT2D eigenvalue weighted by Crippen LogP contribution is 2.20. The molecule has 114 valence electrons. The Bertz CT molecular complexity index is 366. The van der Waals surface area contributed by atoms with Crippen LogP contribution in [0.1, 0.15) is 76.5 Å². The van der Waals surface area contributed by atoms with E-state index in [0.717, 1.165) is 19.0 Å². The minimum Gasteiger partial charge on any atom is -0.310 e. The molecule has 0 heterocycles. The summed E-state index contributed by atoms with van der Waals surface area (Å²) in [5, 5.41) is 3.62. The molecule has 0 aromatic heterocycles. The van der Waals surface area contributed by atoms with Crippen molar-refractivity contribution in [2.45, 2.75) is 85.2 Å². The van der Waals surface area contributed by atoms with Gasteiger partial charge in [0.25, 0.3) is 0 Å². The molecular formula is C19H33N. The SMILES string of the molecule is CC.CCCCCc1cc(CC)cc(CNC2CC2)c1. The van der Waals surface area contributed by atoms with Crippen molar-refractivity contribution in [1.82, 2.24) is 5.32 Å². The van der Waals surface area contributed by atoms with Gasteiger partial charge in [-0.05, 0) is 48.8 Å². The molecule has 1 saturated carbocycles. The maximum Gasteiger partial charge on any atom is 0.0208 e. The molecule has 1 aliphatic rings. The van der Waals surface area contributed by atoms with Gasteiger partial charge in [-0.3, -0.25) is 0 Å². The van der Waals surface area contributed by atoms with Gasteiger partial charge in [0.2, 0.25) is 0 Å². The number of unbranched alkanes of at least 4 members (excludes halogenated alkanes) is 2. The van der Waals surface area contributed by atoms with E-state index in [1.165, 1.54) is 55.2 Å².